The van der Waals surface area contributed by atoms with Crippen molar-refractivity contribution in [2.24, 2.45) is 35.5 Å². The first-order valence-electron chi connectivity index (χ1n) is 23.2. The van der Waals surface area contributed by atoms with E-state index in [1.54, 1.807) is 0 Å². The molecule has 9 rings (SSSR count). The Bertz CT molecular complexity index is 1690. The lowest BCUT2D eigenvalue weighted by atomic mass is 9.76. The molecule has 0 saturated carbocycles. The Hall–Kier alpha value is -1.75. The highest BCUT2D eigenvalue weighted by Gasteiger charge is 2.64. The first-order valence-corrected chi connectivity index (χ1v) is 23.2. The second-order valence-corrected chi connectivity index (χ2v) is 20.9. The number of hydrogen-bond acceptors (Lipinski definition) is 12. The van der Waals surface area contributed by atoms with Crippen LogP contribution in [-0.4, -0.2) is 112 Å². The second-order valence-electron chi connectivity index (χ2n) is 20.9. The van der Waals surface area contributed by atoms with Crippen molar-refractivity contribution >= 4 is 5.97 Å². The van der Waals surface area contributed by atoms with Gasteiger partial charge in [0.2, 0.25) is 0 Å². The second kappa shape index (κ2) is 16.0. The van der Waals surface area contributed by atoms with E-state index in [0.29, 0.717) is 69.1 Å². The van der Waals surface area contributed by atoms with Gasteiger partial charge in [-0.05, 0) is 61.3 Å². The Morgan fingerprint density at radius 1 is 0.867 bits per heavy atom. The Kier molecular flexibility index (Phi) is 11.6. The zero-order chi connectivity index (χ0) is 42.4. The first kappa shape index (κ1) is 43.5. The zero-order valence-corrected chi connectivity index (χ0v) is 36.6. The molecule has 336 valence electrons. The van der Waals surface area contributed by atoms with Gasteiger partial charge in [-0.1, -0.05) is 72.4 Å². The van der Waals surface area contributed by atoms with Crippen LogP contribution in [0.5, 0.6) is 0 Å². The highest BCUT2D eigenvalue weighted by atomic mass is 16.8. The van der Waals surface area contributed by atoms with E-state index in [4.69, 9.17) is 43.0 Å². The molecule has 0 radical (unpaired) electrons. The van der Waals surface area contributed by atoms with Crippen LogP contribution in [-0.2, 0) is 42.7 Å². The minimum absolute atomic E-state index is 0.0112. The van der Waals surface area contributed by atoms with E-state index < -0.39 is 53.2 Å². The van der Waals surface area contributed by atoms with Crippen LogP contribution >= 0.6 is 0 Å². The van der Waals surface area contributed by atoms with Crippen molar-refractivity contribution in [2.75, 3.05) is 6.54 Å². The van der Waals surface area contributed by atoms with E-state index in [2.05, 4.69) is 52.6 Å². The van der Waals surface area contributed by atoms with Crippen LogP contribution in [0.3, 0.4) is 0 Å². The summed E-state index contributed by atoms with van der Waals surface area (Å²) in [5, 5.41) is 37.3. The van der Waals surface area contributed by atoms with E-state index in [1.165, 1.54) is 0 Å². The third-order valence-corrected chi connectivity index (χ3v) is 15.9. The van der Waals surface area contributed by atoms with Crippen molar-refractivity contribution in [3.05, 3.63) is 36.5 Å². The molecule has 4 N–H and O–H groups in total. The van der Waals surface area contributed by atoms with E-state index in [9.17, 15) is 15.0 Å². The summed E-state index contributed by atoms with van der Waals surface area (Å²) < 4.78 is 54.2. The summed E-state index contributed by atoms with van der Waals surface area (Å²) in [6.07, 6.45) is 12.1. The van der Waals surface area contributed by atoms with E-state index in [1.807, 2.05) is 25.2 Å². The number of ether oxygens (including phenoxy) is 8. The van der Waals surface area contributed by atoms with Crippen LogP contribution in [0.4, 0.5) is 0 Å². The SMILES string of the molecule is C=C(C[C@]12C[C@H](C)C[C@H](O1)[C@@H]1O[C@@]3(C[C@@H]1O2)NC[C@@H](C)C[C@H]3C)[C@@H]1O[C@](O)([C@@H](O)[C@H]2C[C@@H]3O[C@]4(CC[C@@]5(CC=C[C@H](/C=C/CCC(=O)O)O5)O4)[C@@H](C)C[C@@H]3O2)[C@@H](C)C[C@H]1C. The van der Waals surface area contributed by atoms with Gasteiger partial charge in [0.25, 0.3) is 0 Å². The molecule has 0 amide bonds. The molecule has 9 heterocycles. The summed E-state index contributed by atoms with van der Waals surface area (Å²) in [4.78, 5) is 11.0. The average Bonchev–Trinajstić information content (AvgIpc) is 3.87. The van der Waals surface area contributed by atoms with Crippen molar-refractivity contribution in [3.8, 4) is 0 Å². The van der Waals surface area contributed by atoms with Crippen molar-refractivity contribution in [1.82, 2.24) is 5.32 Å². The Morgan fingerprint density at radius 3 is 2.45 bits per heavy atom. The smallest absolute Gasteiger partial charge is 0.303 e. The number of piperidine rings is 1. The minimum atomic E-state index is -1.88. The molecular formula is C47H71NO12. The van der Waals surface area contributed by atoms with Gasteiger partial charge in [-0.3, -0.25) is 10.1 Å². The largest absolute Gasteiger partial charge is 0.481 e. The monoisotopic (exact) mass is 841 g/mol. The van der Waals surface area contributed by atoms with Gasteiger partial charge in [0.1, 0.15) is 17.9 Å². The number of carboxylic acids is 1. The Balaban J connectivity index is 0.845. The summed E-state index contributed by atoms with van der Waals surface area (Å²) >= 11 is 0. The molecule has 60 heavy (non-hydrogen) atoms. The number of rotatable bonds is 9. The standard InChI is InChI=1S/C47H71NO12/c1-26-18-36-41-38(24-45(58-41)30(5)17-27(2)25-48-45)56-44(22-26,55-36)23-29(4)40-28(3)19-32(7)47(52,59-40)42(51)37-21-35-34(53-37)20-31(6)46(57-35)16-15-43(60-46)14-10-12-33(54-43)11-8-9-13-39(49)50/h8,10-12,26-28,30-38,40-42,48,51-52H,4,9,13-25H2,1-3,5-7H3,(H,49,50)/b11-8+/t26-,27+,28-,30-,31+,32+,33+,34+,35+,36+,37-,38+,40-,41+,42+,43-,44-,45-,46+,47+/m1/s1. The third-order valence-electron chi connectivity index (χ3n) is 15.9. The van der Waals surface area contributed by atoms with Gasteiger partial charge < -0.3 is 53.2 Å². The average molecular weight is 842 g/mol. The molecule has 20 atom stereocenters. The highest BCUT2D eigenvalue weighted by Crippen LogP contribution is 2.56. The molecule has 2 bridgehead atoms. The van der Waals surface area contributed by atoms with Crippen molar-refractivity contribution in [3.63, 3.8) is 0 Å². The lowest BCUT2D eigenvalue weighted by molar-refractivity contribution is -0.367. The lowest BCUT2D eigenvalue weighted by Crippen LogP contribution is -2.62. The van der Waals surface area contributed by atoms with Crippen LogP contribution in [0, 0.1) is 35.5 Å². The zero-order valence-electron chi connectivity index (χ0n) is 36.6. The van der Waals surface area contributed by atoms with Gasteiger partial charge in [-0.25, -0.2) is 0 Å². The lowest BCUT2D eigenvalue weighted by Gasteiger charge is -2.53. The summed E-state index contributed by atoms with van der Waals surface area (Å²) in [7, 11) is 0. The van der Waals surface area contributed by atoms with Gasteiger partial charge in [0, 0.05) is 69.7 Å². The predicted octanol–water partition coefficient (Wildman–Crippen LogP) is 6.26. The molecule has 8 fully saturated rings. The molecular weight excluding hydrogens is 771 g/mol. The van der Waals surface area contributed by atoms with E-state index in [-0.39, 0.29) is 60.8 Å². The molecule has 3 spiro atoms. The van der Waals surface area contributed by atoms with Gasteiger partial charge in [-0.15, -0.1) is 0 Å². The molecule has 13 heteroatoms. The quantitative estimate of drug-likeness (QED) is 0.193. The summed E-state index contributed by atoms with van der Waals surface area (Å²) in [6, 6.07) is 0. The number of aliphatic hydroxyl groups is 2. The molecule has 0 unspecified atom stereocenters. The fourth-order valence-electron chi connectivity index (χ4n) is 12.9. The van der Waals surface area contributed by atoms with Crippen molar-refractivity contribution in [2.45, 2.75) is 209 Å². The number of nitrogens with one attached hydrogen (secondary N) is 1. The third kappa shape index (κ3) is 7.81. The number of aliphatic carboxylic acids is 1. The maximum atomic E-state index is 12.4. The molecule has 9 aliphatic heterocycles. The number of allylic oxidation sites excluding steroid dienone is 1. The van der Waals surface area contributed by atoms with Crippen LogP contribution in [0.25, 0.3) is 0 Å². The van der Waals surface area contributed by atoms with Gasteiger partial charge >= 0.3 is 5.97 Å². The molecule has 0 aromatic heterocycles. The summed E-state index contributed by atoms with van der Waals surface area (Å²) in [6.45, 7) is 18.5. The van der Waals surface area contributed by atoms with E-state index >= 15 is 0 Å². The maximum Gasteiger partial charge on any atom is 0.303 e. The highest BCUT2D eigenvalue weighted by molar-refractivity contribution is 5.66. The number of carbonyl (C=O) groups is 1. The van der Waals surface area contributed by atoms with Gasteiger partial charge in [0.05, 0.1) is 42.7 Å². The number of carboxylic acid groups (broad SMARTS) is 1. The molecule has 8 saturated heterocycles. The normalized spacial score (nSPS) is 52.9. The maximum absolute atomic E-state index is 12.4. The first-order chi connectivity index (χ1) is 28.4. The number of fused-ring (bicyclic) bond motifs is 5. The van der Waals surface area contributed by atoms with E-state index in [0.717, 1.165) is 37.8 Å². The van der Waals surface area contributed by atoms with Gasteiger partial charge in [0.15, 0.2) is 23.1 Å². The molecule has 9 aliphatic rings. The number of hydrogen-bond donors (Lipinski definition) is 4. The molecule has 0 aliphatic carbocycles. The van der Waals surface area contributed by atoms with Gasteiger partial charge in [-0.2, -0.15) is 0 Å². The fraction of sp³-hybridized carbons (Fsp3) is 0.851. The molecule has 13 nitrogen and oxygen atoms in total. The summed E-state index contributed by atoms with van der Waals surface area (Å²) in [5.74, 6) is -4.29. The van der Waals surface area contributed by atoms with Crippen LogP contribution in [0.15, 0.2) is 36.5 Å². The Labute approximate surface area is 355 Å². The van der Waals surface area contributed by atoms with Crippen molar-refractivity contribution in [1.29, 1.82) is 0 Å². The van der Waals surface area contributed by atoms with Crippen molar-refractivity contribution < 1.29 is 58.0 Å². The molecule has 0 aromatic carbocycles. The van der Waals surface area contributed by atoms with Crippen LogP contribution < -0.4 is 5.32 Å². The Morgan fingerprint density at radius 2 is 1.67 bits per heavy atom. The predicted molar refractivity (Wildman–Crippen MR) is 219 cm³/mol. The summed E-state index contributed by atoms with van der Waals surface area (Å²) in [5.41, 5.74) is 0.391. The molecule has 0 aromatic rings. The number of aliphatic hydroxyl groups excluding tert-OH is 1. The topological polar surface area (TPSA) is 164 Å². The fourth-order valence-corrected chi connectivity index (χ4v) is 12.9. The van der Waals surface area contributed by atoms with Crippen LogP contribution in [0.1, 0.15) is 125 Å². The minimum Gasteiger partial charge on any atom is -0.481 e. The van der Waals surface area contributed by atoms with Crippen LogP contribution in [0.2, 0.25) is 0 Å².